The van der Waals surface area contributed by atoms with E-state index in [2.05, 4.69) is 0 Å². The largest absolute Gasteiger partial charge is 0.618 e. The Kier molecular flexibility index (Phi) is 6.17. The molecule has 0 N–H and O–H groups in total. The van der Waals surface area contributed by atoms with Gasteiger partial charge in [0.1, 0.15) is 5.82 Å². The topological polar surface area (TPSA) is 0 Å². The van der Waals surface area contributed by atoms with Gasteiger partial charge in [-0.15, -0.1) is 0 Å². The first-order chi connectivity index (χ1) is 9.27. The van der Waals surface area contributed by atoms with E-state index in [0.717, 1.165) is 6.07 Å². The van der Waals surface area contributed by atoms with Gasteiger partial charge >= 0.3 is 18.2 Å². The van der Waals surface area contributed by atoms with Crippen molar-refractivity contribution in [3.05, 3.63) is 46.8 Å². The minimum absolute atomic E-state index is 0.639. The summed E-state index contributed by atoms with van der Waals surface area (Å²) in [6.45, 7) is 0. The van der Waals surface area contributed by atoms with Gasteiger partial charge in [-0.05, 0) is 0 Å². The number of hydrogen-bond donors (Lipinski definition) is 0. The van der Waals surface area contributed by atoms with Crippen molar-refractivity contribution in [3.8, 4) is 0 Å². The molecule has 0 aliphatic rings. The van der Waals surface area contributed by atoms with Crippen LogP contribution in [0.3, 0.4) is 0 Å². The summed E-state index contributed by atoms with van der Waals surface area (Å²) in [5.41, 5.74) is 0. The summed E-state index contributed by atoms with van der Waals surface area (Å²) >= 11 is -0.639. The molecule has 10 heteroatoms. The molecule has 0 nitrogen and oxygen atoms in total. The molecule has 0 aromatic heterocycles. The average molecular weight is 348 g/mol. The molecule has 0 aliphatic heterocycles. The molecular formula is C10Cl2F7Mg. The van der Waals surface area contributed by atoms with Gasteiger partial charge in [-0.1, -0.05) is 0 Å². The highest BCUT2D eigenvalue weighted by atomic mass is 35.6. The fraction of sp³-hybridized carbons (Fsp3) is 0. The van der Waals surface area contributed by atoms with Crippen LogP contribution >= 0.6 is 18.1 Å². The molecule has 0 fully saturated rings. The molecule has 0 unspecified atom stereocenters. The summed E-state index contributed by atoms with van der Waals surface area (Å²) in [6.07, 6.45) is 0. The first-order valence-electron chi connectivity index (χ1n) is 4.61. The summed E-state index contributed by atoms with van der Waals surface area (Å²) in [5, 5.41) is -3.16. The predicted molar refractivity (Wildman–Crippen MR) is 59.9 cm³/mol. The number of hydrogen-bond acceptors (Lipinski definition) is 0. The van der Waals surface area contributed by atoms with E-state index in [9.17, 15) is 30.7 Å². The van der Waals surface area contributed by atoms with Gasteiger partial charge in [-0.2, -0.15) is 0 Å². The maximum absolute atomic E-state index is 13.1. The standard InChI is InChI=1S/C10F7.2ClH.Mg/c11-2-1-3(12)6(13)5-4(2)7(14)9(16)10(17)8(5)15;;;/h;2*1H;/q;;;+2/p-2. The van der Waals surface area contributed by atoms with E-state index in [0.29, 0.717) is 0 Å². The first kappa shape index (κ1) is 17.6. The molecule has 0 heterocycles. The van der Waals surface area contributed by atoms with Crippen molar-refractivity contribution in [2.75, 3.05) is 0 Å². The van der Waals surface area contributed by atoms with Crippen molar-refractivity contribution in [1.82, 2.24) is 0 Å². The second-order valence-electron chi connectivity index (χ2n) is 3.17. The van der Waals surface area contributed by atoms with Crippen LogP contribution in [0.1, 0.15) is 0 Å². The zero-order valence-electron chi connectivity index (χ0n) is 9.11. The van der Waals surface area contributed by atoms with Crippen LogP contribution in [0.25, 0.3) is 10.8 Å². The minimum atomic E-state index is -2.35. The van der Waals surface area contributed by atoms with E-state index in [1.54, 1.807) is 0 Å². The Balaban J connectivity index is 0.000000612. The van der Waals surface area contributed by atoms with Crippen LogP contribution in [-0.4, -0.2) is 18.2 Å². The summed E-state index contributed by atoms with van der Waals surface area (Å²) in [6, 6.07) is 1.09. The van der Waals surface area contributed by atoms with E-state index in [1.165, 1.54) is 0 Å². The molecule has 0 atom stereocenters. The van der Waals surface area contributed by atoms with Gasteiger partial charge in [-0.3, -0.25) is 0 Å². The molecule has 0 spiro atoms. The highest BCUT2D eigenvalue weighted by molar-refractivity contribution is 7.22. The Morgan fingerprint density at radius 2 is 1.00 bits per heavy atom. The fourth-order valence-corrected chi connectivity index (χ4v) is 1.37. The molecular weight excluding hydrogens is 348 g/mol. The molecule has 2 rings (SSSR count). The summed E-state index contributed by atoms with van der Waals surface area (Å²) < 4.78 is 90.4. The number of benzene rings is 2. The Hall–Kier alpha value is -0.444. The zero-order valence-corrected chi connectivity index (χ0v) is 12.0. The van der Waals surface area contributed by atoms with Crippen molar-refractivity contribution in [2.24, 2.45) is 0 Å². The third-order valence-electron chi connectivity index (χ3n) is 2.12. The summed E-state index contributed by atoms with van der Waals surface area (Å²) in [5.74, 6) is -14.9. The van der Waals surface area contributed by atoms with Crippen LogP contribution in [0.2, 0.25) is 0 Å². The molecule has 0 saturated heterocycles. The van der Waals surface area contributed by atoms with E-state index in [4.69, 9.17) is 18.1 Å². The number of rotatable bonds is 0. The molecule has 0 aliphatic carbocycles. The third-order valence-corrected chi connectivity index (χ3v) is 2.12. The maximum atomic E-state index is 13.1. The van der Waals surface area contributed by atoms with Crippen LogP contribution in [0.5, 0.6) is 0 Å². The number of fused-ring (bicyclic) bond motifs is 1. The molecule has 0 amide bonds. The van der Waals surface area contributed by atoms with Crippen LogP contribution in [0.15, 0.2) is 0 Å². The lowest BCUT2D eigenvalue weighted by Gasteiger charge is -2.06. The molecule has 0 saturated carbocycles. The van der Waals surface area contributed by atoms with Crippen molar-refractivity contribution in [1.29, 1.82) is 0 Å². The van der Waals surface area contributed by atoms with E-state index in [1.807, 2.05) is 0 Å². The molecule has 105 valence electrons. The molecule has 2 aromatic carbocycles. The Labute approximate surface area is 124 Å². The van der Waals surface area contributed by atoms with Crippen molar-refractivity contribution in [3.63, 3.8) is 0 Å². The highest BCUT2D eigenvalue weighted by Gasteiger charge is 2.27. The monoisotopic (exact) mass is 347 g/mol. The quantitative estimate of drug-likeness (QED) is 0.282. The lowest BCUT2D eigenvalue weighted by atomic mass is 10.1. The van der Waals surface area contributed by atoms with Crippen LogP contribution < -0.4 is 0 Å². The lowest BCUT2D eigenvalue weighted by molar-refractivity contribution is 0.411. The van der Waals surface area contributed by atoms with E-state index in [-0.39, 0.29) is 0 Å². The summed E-state index contributed by atoms with van der Waals surface area (Å²) in [4.78, 5) is 0. The highest BCUT2D eigenvalue weighted by Crippen LogP contribution is 2.31. The van der Waals surface area contributed by atoms with Gasteiger partial charge in [0.2, 0.25) is 0 Å². The predicted octanol–water partition coefficient (Wildman–Crippen LogP) is 4.61. The zero-order chi connectivity index (χ0) is 15.6. The molecule has 1 radical (unpaired) electrons. The molecule has 2 aromatic rings. The number of halogens is 9. The Morgan fingerprint density at radius 3 is 1.45 bits per heavy atom. The van der Waals surface area contributed by atoms with Crippen molar-refractivity contribution >= 4 is 47.1 Å². The lowest BCUT2D eigenvalue weighted by Crippen LogP contribution is -2.03. The van der Waals surface area contributed by atoms with Crippen molar-refractivity contribution in [2.45, 2.75) is 0 Å². The second kappa shape index (κ2) is 7.01. The van der Waals surface area contributed by atoms with Gasteiger partial charge in [0.15, 0.2) is 34.9 Å². The Morgan fingerprint density at radius 1 is 0.600 bits per heavy atom. The van der Waals surface area contributed by atoms with Gasteiger partial charge in [0, 0.05) is 0 Å². The molecule has 0 bridgehead atoms. The molecule has 20 heavy (non-hydrogen) atoms. The van der Waals surface area contributed by atoms with Gasteiger partial charge in [0.25, 0.3) is 0 Å². The van der Waals surface area contributed by atoms with Crippen LogP contribution in [0, 0.1) is 46.8 Å². The SMILES string of the molecule is Fc1[c]c(F)c2c(F)c(F)c(F)c(F)c2c1F.[Cl][Mg][Cl]. The van der Waals surface area contributed by atoms with Crippen LogP contribution in [0.4, 0.5) is 30.7 Å². The van der Waals surface area contributed by atoms with Gasteiger partial charge in [0.05, 0.1) is 16.8 Å². The summed E-state index contributed by atoms with van der Waals surface area (Å²) in [7, 11) is 9.81. The van der Waals surface area contributed by atoms with Gasteiger partial charge in [-0.25, -0.2) is 30.7 Å². The fourth-order valence-electron chi connectivity index (χ4n) is 1.37. The third kappa shape index (κ3) is 3.08. The minimum Gasteiger partial charge on any atom is -0.309 e. The Bertz CT molecular complexity index is 662. The van der Waals surface area contributed by atoms with Crippen molar-refractivity contribution < 1.29 is 30.7 Å². The van der Waals surface area contributed by atoms with Crippen LogP contribution in [-0.2, 0) is 0 Å². The normalized spacial score (nSPS) is 10.1. The van der Waals surface area contributed by atoms with E-state index < -0.39 is 69.7 Å². The average Bonchev–Trinajstić information content (AvgIpc) is 2.38. The smallest absolute Gasteiger partial charge is 0.309 e. The maximum Gasteiger partial charge on any atom is 0.618 e. The van der Waals surface area contributed by atoms with E-state index >= 15 is 0 Å². The second-order valence-corrected chi connectivity index (χ2v) is 5.80. The van der Waals surface area contributed by atoms with Gasteiger partial charge < -0.3 is 18.1 Å². The first-order valence-corrected chi connectivity index (χ1v) is 8.88.